The van der Waals surface area contributed by atoms with Crippen molar-refractivity contribution >= 4 is 8.32 Å². The molecule has 2 atom stereocenters. The van der Waals surface area contributed by atoms with Gasteiger partial charge >= 0.3 is 0 Å². The maximum atomic E-state index is 6.58. The van der Waals surface area contributed by atoms with Gasteiger partial charge in [0.1, 0.15) is 0 Å². The molecule has 0 unspecified atom stereocenters. The molecule has 0 aromatic carbocycles. The van der Waals surface area contributed by atoms with Crippen LogP contribution in [0.2, 0.25) is 18.1 Å². The first-order chi connectivity index (χ1) is 7.17. The van der Waals surface area contributed by atoms with Crippen molar-refractivity contribution in [2.75, 3.05) is 0 Å². The van der Waals surface area contributed by atoms with Crippen molar-refractivity contribution in [1.29, 1.82) is 0 Å². The standard InChI is InChI=1S/C13H28OSi/c1-5-15(6-2,7-3)14-13-11-9-8-10-12(13)4/h12-13H,5-11H2,1-4H3/t12-,13-/m1/s1. The molecule has 0 aliphatic heterocycles. The van der Waals surface area contributed by atoms with E-state index in [0.29, 0.717) is 6.10 Å². The molecule has 2 heteroatoms. The topological polar surface area (TPSA) is 9.23 Å². The van der Waals surface area contributed by atoms with E-state index < -0.39 is 8.32 Å². The van der Waals surface area contributed by atoms with Gasteiger partial charge in [0, 0.05) is 6.10 Å². The molecule has 0 heterocycles. The van der Waals surface area contributed by atoms with Crippen LogP contribution in [0.5, 0.6) is 0 Å². The molecule has 0 N–H and O–H groups in total. The van der Waals surface area contributed by atoms with E-state index >= 15 is 0 Å². The van der Waals surface area contributed by atoms with Crippen molar-refractivity contribution in [3.63, 3.8) is 0 Å². The van der Waals surface area contributed by atoms with Crippen LogP contribution in [-0.2, 0) is 4.43 Å². The molecule has 15 heavy (non-hydrogen) atoms. The molecular formula is C13H28OSi. The van der Waals surface area contributed by atoms with Crippen LogP contribution in [0.3, 0.4) is 0 Å². The summed E-state index contributed by atoms with van der Waals surface area (Å²) in [5.41, 5.74) is 0. The zero-order valence-electron chi connectivity index (χ0n) is 11.0. The zero-order chi connectivity index (χ0) is 11.3. The predicted molar refractivity (Wildman–Crippen MR) is 69.7 cm³/mol. The van der Waals surface area contributed by atoms with Gasteiger partial charge in [-0.15, -0.1) is 0 Å². The van der Waals surface area contributed by atoms with E-state index in [4.69, 9.17) is 4.43 Å². The Balaban J connectivity index is 2.56. The van der Waals surface area contributed by atoms with Gasteiger partial charge < -0.3 is 4.43 Å². The molecule has 1 rings (SSSR count). The highest BCUT2D eigenvalue weighted by molar-refractivity contribution is 6.73. The van der Waals surface area contributed by atoms with Gasteiger partial charge in [0.15, 0.2) is 8.32 Å². The lowest BCUT2D eigenvalue weighted by Crippen LogP contribution is -2.42. The molecule has 0 radical (unpaired) electrons. The second-order valence-corrected chi connectivity index (χ2v) is 9.88. The van der Waals surface area contributed by atoms with Crippen molar-refractivity contribution in [3.8, 4) is 0 Å². The maximum absolute atomic E-state index is 6.58. The van der Waals surface area contributed by atoms with Crippen LogP contribution in [0.1, 0.15) is 53.4 Å². The van der Waals surface area contributed by atoms with Crippen LogP contribution in [0.15, 0.2) is 0 Å². The molecule has 0 saturated heterocycles. The number of hydrogen-bond acceptors (Lipinski definition) is 1. The molecule has 90 valence electrons. The predicted octanol–water partition coefficient (Wildman–Crippen LogP) is 4.59. The SMILES string of the molecule is CC[Si](CC)(CC)O[C@@H]1CCCC[C@H]1C. The third-order valence-electron chi connectivity index (χ3n) is 4.37. The fourth-order valence-electron chi connectivity index (χ4n) is 2.78. The van der Waals surface area contributed by atoms with E-state index in [1.54, 1.807) is 0 Å². The Labute approximate surface area is 96.7 Å². The van der Waals surface area contributed by atoms with Crippen molar-refractivity contribution in [3.05, 3.63) is 0 Å². The second kappa shape index (κ2) is 6.05. The minimum absolute atomic E-state index is 0.588. The van der Waals surface area contributed by atoms with E-state index in [-0.39, 0.29) is 0 Å². The first-order valence-electron chi connectivity index (χ1n) is 6.85. The largest absolute Gasteiger partial charge is 0.414 e. The average Bonchev–Trinajstić information content (AvgIpc) is 2.29. The Bertz CT molecular complexity index is 169. The summed E-state index contributed by atoms with van der Waals surface area (Å²) in [6, 6.07) is 3.88. The van der Waals surface area contributed by atoms with Gasteiger partial charge in [-0.2, -0.15) is 0 Å². The minimum Gasteiger partial charge on any atom is -0.414 e. The van der Waals surface area contributed by atoms with Gasteiger partial charge in [-0.05, 0) is 36.9 Å². The Hall–Kier alpha value is 0.177. The summed E-state index contributed by atoms with van der Waals surface area (Å²) in [6.07, 6.45) is 6.09. The number of rotatable bonds is 5. The second-order valence-electron chi connectivity index (χ2n) is 5.16. The monoisotopic (exact) mass is 228 g/mol. The Kier molecular flexibility index (Phi) is 5.34. The van der Waals surface area contributed by atoms with E-state index in [0.717, 1.165) is 5.92 Å². The Morgan fingerprint density at radius 1 is 1.00 bits per heavy atom. The first kappa shape index (κ1) is 13.2. The van der Waals surface area contributed by atoms with Gasteiger partial charge in [-0.25, -0.2) is 0 Å². The Morgan fingerprint density at radius 3 is 2.00 bits per heavy atom. The molecular weight excluding hydrogens is 200 g/mol. The fraction of sp³-hybridized carbons (Fsp3) is 1.00. The lowest BCUT2D eigenvalue weighted by Gasteiger charge is -2.38. The molecule has 0 amide bonds. The molecule has 1 saturated carbocycles. The molecule has 0 spiro atoms. The first-order valence-corrected chi connectivity index (χ1v) is 9.38. The molecule has 0 aromatic rings. The highest BCUT2D eigenvalue weighted by Gasteiger charge is 2.34. The van der Waals surface area contributed by atoms with E-state index in [1.165, 1.54) is 43.8 Å². The highest BCUT2D eigenvalue weighted by Crippen LogP contribution is 2.32. The summed E-state index contributed by atoms with van der Waals surface area (Å²) in [5, 5.41) is 0. The fourth-order valence-corrected chi connectivity index (χ4v) is 5.77. The normalized spacial score (nSPS) is 28.0. The zero-order valence-corrected chi connectivity index (χ0v) is 12.0. The van der Waals surface area contributed by atoms with E-state index in [1.807, 2.05) is 0 Å². The smallest absolute Gasteiger partial charge is 0.192 e. The molecule has 0 aromatic heterocycles. The minimum atomic E-state index is -1.35. The van der Waals surface area contributed by atoms with Crippen molar-refractivity contribution in [2.45, 2.75) is 77.6 Å². The summed E-state index contributed by atoms with van der Waals surface area (Å²) >= 11 is 0. The summed E-state index contributed by atoms with van der Waals surface area (Å²) in [6.45, 7) is 9.36. The van der Waals surface area contributed by atoms with Crippen molar-refractivity contribution in [1.82, 2.24) is 0 Å². The molecule has 1 fully saturated rings. The van der Waals surface area contributed by atoms with Gasteiger partial charge in [0.2, 0.25) is 0 Å². The van der Waals surface area contributed by atoms with E-state index in [2.05, 4.69) is 27.7 Å². The number of hydrogen-bond donors (Lipinski definition) is 0. The summed E-state index contributed by atoms with van der Waals surface area (Å²) in [5.74, 6) is 0.801. The van der Waals surface area contributed by atoms with Crippen LogP contribution in [-0.4, -0.2) is 14.4 Å². The van der Waals surface area contributed by atoms with Crippen molar-refractivity contribution < 1.29 is 4.43 Å². The Morgan fingerprint density at radius 2 is 1.53 bits per heavy atom. The summed E-state index contributed by atoms with van der Waals surface area (Å²) in [4.78, 5) is 0. The van der Waals surface area contributed by atoms with Crippen LogP contribution < -0.4 is 0 Å². The summed E-state index contributed by atoms with van der Waals surface area (Å²) in [7, 11) is -1.35. The van der Waals surface area contributed by atoms with Crippen LogP contribution in [0, 0.1) is 5.92 Å². The van der Waals surface area contributed by atoms with Crippen LogP contribution >= 0.6 is 0 Å². The quantitative estimate of drug-likeness (QED) is 0.626. The van der Waals surface area contributed by atoms with Crippen LogP contribution in [0.4, 0.5) is 0 Å². The highest BCUT2D eigenvalue weighted by atomic mass is 28.4. The van der Waals surface area contributed by atoms with Gasteiger partial charge in [-0.1, -0.05) is 40.5 Å². The van der Waals surface area contributed by atoms with Crippen molar-refractivity contribution in [2.24, 2.45) is 5.92 Å². The lowest BCUT2D eigenvalue weighted by molar-refractivity contribution is 0.0913. The van der Waals surface area contributed by atoms with E-state index in [9.17, 15) is 0 Å². The average molecular weight is 228 g/mol. The van der Waals surface area contributed by atoms with Crippen LogP contribution in [0.25, 0.3) is 0 Å². The molecule has 1 aliphatic rings. The summed E-state index contributed by atoms with van der Waals surface area (Å²) < 4.78 is 6.58. The maximum Gasteiger partial charge on any atom is 0.192 e. The van der Waals surface area contributed by atoms with Gasteiger partial charge in [-0.3, -0.25) is 0 Å². The van der Waals surface area contributed by atoms with Gasteiger partial charge in [0.25, 0.3) is 0 Å². The molecule has 1 aliphatic carbocycles. The molecule has 1 nitrogen and oxygen atoms in total. The third-order valence-corrected chi connectivity index (χ3v) is 9.04. The third kappa shape index (κ3) is 3.32. The lowest BCUT2D eigenvalue weighted by atomic mass is 9.88. The van der Waals surface area contributed by atoms with Gasteiger partial charge in [0.05, 0.1) is 0 Å². The molecule has 0 bridgehead atoms.